The van der Waals surface area contributed by atoms with Crippen LogP contribution in [0.15, 0.2) is 18.2 Å². The predicted octanol–water partition coefficient (Wildman–Crippen LogP) is 2.41. The average molecular weight is 279 g/mol. The summed E-state index contributed by atoms with van der Waals surface area (Å²) < 4.78 is 18.7. The van der Waals surface area contributed by atoms with E-state index in [-0.39, 0.29) is 11.6 Å². The maximum atomic E-state index is 13.7. The first-order chi connectivity index (χ1) is 9.58. The second kappa shape index (κ2) is 5.34. The smallest absolute Gasteiger partial charge is 0.165 e. The van der Waals surface area contributed by atoms with Gasteiger partial charge in [-0.05, 0) is 43.4 Å². The standard InChI is InChI=1S/C16H22FNO2/c1-20-15-6-5-11(7-14(15)17)8-16(19)9-12-3-2-4-13(10-16)18-12/h5-7,12-13,18-19H,2-4,8-10H2,1H3. The molecule has 2 heterocycles. The molecule has 0 spiro atoms. The van der Waals surface area contributed by atoms with Crippen LogP contribution in [0.3, 0.4) is 0 Å². The Bertz CT molecular complexity index is 479. The second-order valence-corrected chi connectivity index (χ2v) is 6.27. The van der Waals surface area contributed by atoms with Crippen molar-refractivity contribution >= 4 is 0 Å². The van der Waals surface area contributed by atoms with Gasteiger partial charge in [-0.3, -0.25) is 0 Å². The van der Waals surface area contributed by atoms with E-state index in [0.29, 0.717) is 18.5 Å². The number of piperidine rings is 2. The minimum absolute atomic E-state index is 0.253. The van der Waals surface area contributed by atoms with E-state index < -0.39 is 5.60 Å². The Balaban J connectivity index is 1.74. The summed E-state index contributed by atoms with van der Waals surface area (Å²) in [6, 6.07) is 5.79. The first kappa shape index (κ1) is 13.8. The molecule has 0 radical (unpaired) electrons. The third-order valence-electron chi connectivity index (χ3n) is 4.58. The summed E-state index contributed by atoms with van der Waals surface area (Å²) in [4.78, 5) is 0. The molecule has 2 unspecified atom stereocenters. The number of halogens is 1. The van der Waals surface area contributed by atoms with Crippen molar-refractivity contribution in [2.24, 2.45) is 0 Å². The topological polar surface area (TPSA) is 41.5 Å². The first-order valence-corrected chi connectivity index (χ1v) is 7.39. The molecule has 0 saturated carbocycles. The fraction of sp³-hybridized carbons (Fsp3) is 0.625. The fourth-order valence-electron chi connectivity index (χ4n) is 3.78. The molecule has 2 aliphatic heterocycles. The molecule has 2 bridgehead atoms. The van der Waals surface area contributed by atoms with Gasteiger partial charge in [0, 0.05) is 18.5 Å². The molecule has 3 nitrogen and oxygen atoms in total. The molecule has 0 aliphatic carbocycles. The zero-order valence-electron chi connectivity index (χ0n) is 11.9. The number of hydrogen-bond acceptors (Lipinski definition) is 3. The monoisotopic (exact) mass is 279 g/mol. The van der Waals surface area contributed by atoms with Crippen LogP contribution in [0.1, 0.15) is 37.7 Å². The lowest BCUT2D eigenvalue weighted by molar-refractivity contribution is -0.0303. The van der Waals surface area contributed by atoms with Gasteiger partial charge in [-0.1, -0.05) is 12.5 Å². The molecule has 3 rings (SSSR count). The molecule has 2 atom stereocenters. The highest BCUT2D eigenvalue weighted by atomic mass is 19.1. The molecule has 2 fully saturated rings. The Morgan fingerprint density at radius 1 is 1.35 bits per heavy atom. The van der Waals surface area contributed by atoms with E-state index in [9.17, 15) is 9.50 Å². The summed E-state index contributed by atoms with van der Waals surface area (Å²) >= 11 is 0. The minimum Gasteiger partial charge on any atom is -0.494 e. The lowest BCUT2D eigenvalue weighted by Crippen LogP contribution is -2.56. The van der Waals surface area contributed by atoms with Crippen molar-refractivity contribution in [2.75, 3.05) is 7.11 Å². The van der Waals surface area contributed by atoms with Crippen LogP contribution in [0.25, 0.3) is 0 Å². The highest BCUT2D eigenvalue weighted by Crippen LogP contribution is 2.35. The van der Waals surface area contributed by atoms with Gasteiger partial charge in [0.15, 0.2) is 11.6 Å². The van der Waals surface area contributed by atoms with E-state index in [4.69, 9.17) is 4.74 Å². The molecule has 0 amide bonds. The quantitative estimate of drug-likeness (QED) is 0.893. The third kappa shape index (κ3) is 2.81. The Labute approximate surface area is 119 Å². The van der Waals surface area contributed by atoms with E-state index >= 15 is 0 Å². The molecular formula is C16H22FNO2. The van der Waals surface area contributed by atoms with Gasteiger partial charge < -0.3 is 15.2 Å². The molecule has 2 N–H and O–H groups in total. The van der Waals surface area contributed by atoms with E-state index in [2.05, 4.69) is 5.32 Å². The molecule has 4 heteroatoms. The van der Waals surface area contributed by atoms with Crippen molar-refractivity contribution in [3.8, 4) is 5.75 Å². The average Bonchev–Trinajstić information content (AvgIpc) is 2.37. The molecule has 1 aromatic rings. The van der Waals surface area contributed by atoms with Gasteiger partial charge in [-0.25, -0.2) is 4.39 Å². The van der Waals surface area contributed by atoms with Crippen LogP contribution >= 0.6 is 0 Å². The number of rotatable bonds is 3. The van der Waals surface area contributed by atoms with Gasteiger partial charge in [-0.15, -0.1) is 0 Å². The Morgan fingerprint density at radius 3 is 2.65 bits per heavy atom. The maximum absolute atomic E-state index is 13.7. The number of fused-ring (bicyclic) bond motifs is 2. The molecule has 110 valence electrons. The predicted molar refractivity (Wildman–Crippen MR) is 75.4 cm³/mol. The molecule has 2 saturated heterocycles. The summed E-state index contributed by atoms with van der Waals surface area (Å²) in [6.07, 6.45) is 5.55. The van der Waals surface area contributed by atoms with Crippen LogP contribution in [0.2, 0.25) is 0 Å². The minimum atomic E-state index is -0.706. The summed E-state index contributed by atoms with van der Waals surface area (Å²) in [6.45, 7) is 0. The van der Waals surface area contributed by atoms with E-state index in [1.807, 2.05) is 6.07 Å². The van der Waals surface area contributed by atoms with E-state index in [1.54, 1.807) is 6.07 Å². The molecule has 1 aromatic carbocycles. The number of aliphatic hydroxyl groups is 1. The Morgan fingerprint density at radius 2 is 2.05 bits per heavy atom. The Kier molecular flexibility index (Phi) is 3.69. The highest BCUT2D eigenvalue weighted by Gasteiger charge is 2.40. The van der Waals surface area contributed by atoms with Crippen molar-refractivity contribution in [2.45, 2.75) is 56.2 Å². The number of benzene rings is 1. The lowest BCUT2D eigenvalue weighted by atomic mass is 9.74. The second-order valence-electron chi connectivity index (χ2n) is 6.27. The normalized spacial score (nSPS) is 33.0. The summed E-state index contributed by atoms with van der Waals surface area (Å²) in [5.41, 5.74) is 0.132. The lowest BCUT2D eigenvalue weighted by Gasteiger charge is -2.45. The van der Waals surface area contributed by atoms with Gasteiger partial charge in [0.05, 0.1) is 12.7 Å². The zero-order chi connectivity index (χ0) is 14.2. The van der Waals surface area contributed by atoms with Crippen molar-refractivity contribution in [1.82, 2.24) is 5.32 Å². The van der Waals surface area contributed by atoms with Crippen LogP contribution in [-0.2, 0) is 6.42 Å². The molecule has 2 aliphatic rings. The van der Waals surface area contributed by atoms with Crippen LogP contribution in [0.5, 0.6) is 5.75 Å². The first-order valence-electron chi connectivity index (χ1n) is 7.39. The maximum Gasteiger partial charge on any atom is 0.165 e. The zero-order valence-corrected chi connectivity index (χ0v) is 11.9. The van der Waals surface area contributed by atoms with Crippen molar-refractivity contribution in [3.63, 3.8) is 0 Å². The van der Waals surface area contributed by atoms with Gasteiger partial charge in [-0.2, -0.15) is 0 Å². The number of nitrogens with one attached hydrogen (secondary N) is 1. The molecule has 20 heavy (non-hydrogen) atoms. The highest BCUT2D eigenvalue weighted by molar-refractivity contribution is 5.30. The van der Waals surface area contributed by atoms with Crippen molar-refractivity contribution in [3.05, 3.63) is 29.6 Å². The van der Waals surface area contributed by atoms with E-state index in [0.717, 1.165) is 31.2 Å². The van der Waals surface area contributed by atoms with Crippen LogP contribution in [0, 0.1) is 5.82 Å². The Hall–Kier alpha value is -1.13. The van der Waals surface area contributed by atoms with Gasteiger partial charge in [0.1, 0.15) is 0 Å². The van der Waals surface area contributed by atoms with Gasteiger partial charge >= 0.3 is 0 Å². The number of ether oxygens (including phenoxy) is 1. The van der Waals surface area contributed by atoms with Gasteiger partial charge in [0.2, 0.25) is 0 Å². The van der Waals surface area contributed by atoms with E-state index in [1.165, 1.54) is 19.6 Å². The number of methoxy groups -OCH3 is 1. The van der Waals surface area contributed by atoms with Crippen LogP contribution < -0.4 is 10.1 Å². The summed E-state index contributed by atoms with van der Waals surface area (Å²) in [5.74, 6) is -0.106. The summed E-state index contributed by atoms with van der Waals surface area (Å²) in [7, 11) is 1.46. The molecule has 0 aromatic heterocycles. The van der Waals surface area contributed by atoms with Crippen molar-refractivity contribution < 1.29 is 14.2 Å². The van der Waals surface area contributed by atoms with Gasteiger partial charge in [0.25, 0.3) is 0 Å². The summed E-state index contributed by atoms with van der Waals surface area (Å²) in [5, 5.41) is 14.4. The number of hydrogen-bond donors (Lipinski definition) is 2. The van der Waals surface area contributed by atoms with Crippen LogP contribution in [-0.4, -0.2) is 29.9 Å². The third-order valence-corrected chi connectivity index (χ3v) is 4.58. The van der Waals surface area contributed by atoms with Crippen LogP contribution in [0.4, 0.5) is 4.39 Å². The fourth-order valence-corrected chi connectivity index (χ4v) is 3.78. The molecular weight excluding hydrogens is 257 g/mol. The largest absolute Gasteiger partial charge is 0.494 e. The SMILES string of the molecule is COc1ccc(CC2(O)CC3CCCC(C2)N3)cc1F. The van der Waals surface area contributed by atoms with Crippen molar-refractivity contribution in [1.29, 1.82) is 0 Å².